The van der Waals surface area contributed by atoms with Gasteiger partial charge in [0.25, 0.3) is 0 Å². The van der Waals surface area contributed by atoms with Crippen LogP contribution in [0.2, 0.25) is 0 Å². The maximum absolute atomic E-state index is 5.75. The van der Waals surface area contributed by atoms with Crippen molar-refractivity contribution in [2.24, 2.45) is 5.73 Å². The molecule has 0 amide bonds. The topological polar surface area (TPSA) is 38.5 Å². The Bertz CT molecular complexity index is 142. The van der Waals surface area contributed by atoms with Crippen molar-refractivity contribution in [3.8, 4) is 0 Å². The standard InChI is InChI=1S/C11H24N2O/c1-3-10(8-12)13(4-2)9-11-6-5-7-14-11/h10-11H,3-9,12H2,1-2H3. The summed E-state index contributed by atoms with van der Waals surface area (Å²) in [5.41, 5.74) is 5.75. The highest BCUT2D eigenvalue weighted by Crippen LogP contribution is 2.15. The van der Waals surface area contributed by atoms with E-state index in [2.05, 4.69) is 18.7 Å². The Morgan fingerprint density at radius 1 is 1.50 bits per heavy atom. The van der Waals surface area contributed by atoms with Gasteiger partial charge in [-0.3, -0.25) is 4.90 Å². The van der Waals surface area contributed by atoms with Crippen LogP contribution in [-0.2, 0) is 4.74 Å². The Labute approximate surface area is 87.6 Å². The Hall–Kier alpha value is -0.120. The normalized spacial score (nSPS) is 24.4. The van der Waals surface area contributed by atoms with Crippen LogP contribution in [0.5, 0.6) is 0 Å². The van der Waals surface area contributed by atoms with Crippen molar-refractivity contribution in [2.75, 3.05) is 26.2 Å². The molecule has 0 aliphatic carbocycles. The first-order valence-corrected chi connectivity index (χ1v) is 5.87. The van der Waals surface area contributed by atoms with Gasteiger partial charge in [0.05, 0.1) is 6.10 Å². The molecular formula is C11H24N2O. The fourth-order valence-corrected chi connectivity index (χ4v) is 2.16. The third-order valence-electron chi connectivity index (χ3n) is 3.13. The van der Waals surface area contributed by atoms with Crippen LogP contribution in [0.3, 0.4) is 0 Å². The number of hydrogen-bond donors (Lipinski definition) is 1. The average molecular weight is 200 g/mol. The molecule has 0 spiro atoms. The summed E-state index contributed by atoms with van der Waals surface area (Å²) in [5.74, 6) is 0. The lowest BCUT2D eigenvalue weighted by atomic mass is 10.1. The molecule has 1 aliphatic rings. The summed E-state index contributed by atoms with van der Waals surface area (Å²) in [5, 5.41) is 0. The van der Waals surface area contributed by atoms with Crippen molar-refractivity contribution in [3.05, 3.63) is 0 Å². The largest absolute Gasteiger partial charge is 0.377 e. The number of nitrogens with zero attached hydrogens (tertiary/aromatic N) is 1. The molecule has 0 radical (unpaired) electrons. The van der Waals surface area contributed by atoms with Crippen LogP contribution in [0.1, 0.15) is 33.1 Å². The molecule has 0 aromatic rings. The molecule has 2 N–H and O–H groups in total. The number of hydrogen-bond acceptors (Lipinski definition) is 3. The summed E-state index contributed by atoms with van der Waals surface area (Å²) >= 11 is 0. The molecule has 0 bridgehead atoms. The van der Waals surface area contributed by atoms with Crippen LogP contribution in [-0.4, -0.2) is 43.3 Å². The fraction of sp³-hybridized carbons (Fsp3) is 1.00. The van der Waals surface area contributed by atoms with Gasteiger partial charge in [0.15, 0.2) is 0 Å². The van der Waals surface area contributed by atoms with E-state index in [0.29, 0.717) is 12.1 Å². The molecule has 3 nitrogen and oxygen atoms in total. The zero-order valence-corrected chi connectivity index (χ0v) is 9.54. The predicted octanol–water partition coefficient (Wildman–Crippen LogP) is 1.22. The zero-order valence-electron chi connectivity index (χ0n) is 9.54. The van der Waals surface area contributed by atoms with Crippen molar-refractivity contribution in [3.63, 3.8) is 0 Å². The molecule has 1 saturated heterocycles. The Balaban J connectivity index is 2.35. The lowest BCUT2D eigenvalue weighted by Crippen LogP contribution is -2.43. The average Bonchev–Trinajstić information content (AvgIpc) is 2.70. The minimum Gasteiger partial charge on any atom is -0.377 e. The van der Waals surface area contributed by atoms with Crippen LogP contribution in [0.4, 0.5) is 0 Å². The summed E-state index contributed by atoms with van der Waals surface area (Å²) in [4.78, 5) is 2.45. The van der Waals surface area contributed by atoms with Gasteiger partial charge in [-0.1, -0.05) is 13.8 Å². The molecule has 84 valence electrons. The van der Waals surface area contributed by atoms with E-state index in [0.717, 1.165) is 32.7 Å². The van der Waals surface area contributed by atoms with Crippen molar-refractivity contribution in [2.45, 2.75) is 45.3 Å². The second kappa shape index (κ2) is 6.38. The number of ether oxygens (including phenoxy) is 1. The molecule has 1 heterocycles. The number of rotatable bonds is 6. The van der Waals surface area contributed by atoms with E-state index in [4.69, 9.17) is 10.5 Å². The first kappa shape index (κ1) is 12.0. The third kappa shape index (κ3) is 3.23. The zero-order chi connectivity index (χ0) is 10.4. The molecule has 1 aliphatic heterocycles. The molecule has 2 atom stereocenters. The molecule has 0 aromatic heterocycles. The minimum atomic E-state index is 0.454. The summed E-state index contributed by atoms with van der Waals surface area (Å²) in [7, 11) is 0. The van der Waals surface area contributed by atoms with E-state index in [9.17, 15) is 0 Å². The van der Waals surface area contributed by atoms with E-state index in [1.807, 2.05) is 0 Å². The summed E-state index contributed by atoms with van der Waals surface area (Å²) in [6, 6.07) is 0.532. The van der Waals surface area contributed by atoms with E-state index in [-0.39, 0.29) is 0 Å². The van der Waals surface area contributed by atoms with E-state index in [1.165, 1.54) is 12.8 Å². The van der Waals surface area contributed by atoms with Gasteiger partial charge in [0.2, 0.25) is 0 Å². The lowest BCUT2D eigenvalue weighted by Gasteiger charge is -2.30. The summed E-state index contributed by atoms with van der Waals surface area (Å²) in [6.07, 6.45) is 4.03. The van der Waals surface area contributed by atoms with Gasteiger partial charge in [-0.25, -0.2) is 0 Å². The highest BCUT2D eigenvalue weighted by Gasteiger charge is 2.21. The van der Waals surface area contributed by atoms with Gasteiger partial charge in [0.1, 0.15) is 0 Å². The van der Waals surface area contributed by atoms with Crippen molar-refractivity contribution in [1.82, 2.24) is 4.90 Å². The van der Waals surface area contributed by atoms with Gasteiger partial charge in [-0.05, 0) is 25.8 Å². The Kier molecular flexibility index (Phi) is 5.45. The van der Waals surface area contributed by atoms with E-state index < -0.39 is 0 Å². The van der Waals surface area contributed by atoms with Gasteiger partial charge in [-0.15, -0.1) is 0 Å². The molecule has 1 fully saturated rings. The maximum Gasteiger partial charge on any atom is 0.0702 e. The van der Waals surface area contributed by atoms with E-state index >= 15 is 0 Å². The van der Waals surface area contributed by atoms with Crippen molar-refractivity contribution >= 4 is 0 Å². The summed E-state index contributed by atoms with van der Waals surface area (Å²) in [6.45, 7) is 8.25. The second-order valence-electron chi connectivity index (χ2n) is 4.02. The molecule has 0 saturated carbocycles. The maximum atomic E-state index is 5.75. The van der Waals surface area contributed by atoms with Crippen LogP contribution in [0.25, 0.3) is 0 Å². The Morgan fingerprint density at radius 3 is 2.71 bits per heavy atom. The predicted molar refractivity (Wildman–Crippen MR) is 59.4 cm³/mol. The first-order valence-electron chi connectivity index (χ1n) is 5.87. The minimum absolute atomic E-state index is 0.454. The summed E-state index contributed by atoms with van der Waals surface area (Å²) < 4.78 is 5.64. The second-order valence-corrected chi connectivity index (χ2v) is 4.02. The molecular weight excluding hydrogens is 176 g/mol. The fourth-order valence-electron chi connectivity index (χ4n) is 2.16. The smallest absolute Gasteiger partial charge is 0.0702 e. The Morgan fingerprint density at radius 2 is 2.29 bits per heavy atom. The highest BCUT2D eigenvalue weighted by atomic mass is 16.5. The lowest BCUT2D eigenvalue weighted by molar-refractivity contribution is 0.0596. The van der Waals surface area contributed by atoms with Crippen molar-refractivity contribution < 1.29 is 4.74 Å². The highest BCUT2D eigenvalue weighted by molar-refractivity contribution is 4.76. The van der Waals surface area contributed by atoms with Crippen LogP contribution in [0, 0.1) is 0 Å². The SMILES string of the molecule is CCC(CN)N(CC)CC1CCCO1. The third-order valence-corrected chi connectivity index (χ3v) is 3.13. The quantitative estimate of drug-likeness (QED) is 0.701. The van der Waals surface area contributed by atoms with Gasteiger partial charge in [-0.2, -0.15) is 0 Å². The first-order chi connectivity index (χ1) is 6.81. The molecule has 2 unspecified atom stereocenters. The van der Waals surface area contributed by atoms with Crippen molar-refractivity contribution in [1.29, 1.82) is 0 Å². The van der Waals surface area contributed by atoms with Crippen LogP contribution in [0.15, 0.2) is 0 Å². The van der Waals surface area contributed by atoms with Crippen LogP contribution < -0.4 is 5.73 Å². The molecule has 0 aromatic carbocycles. The van der Waals surface area contributed by atoms with Gasteiger partial charge in [0, 0.05) is 25.7 Å². The molecule has 14 heavy (non-hydrogen) atoms. The number of nitrogens with two attached hydrogens (primary N) is 1. The van der Waals surface area contributed by atoms with Crippen LogP contribution >= 0.6 is 0 Å². The monoisotopic (exact) mass is 200 g/mol. The molecule has 1 rings (SSSR count). The number of likely N-dealkylation sites (N-methyl/N-ethyl adjacent to an activating group) is 1. The van der Waals surface area contributed by atoms with Gasteiger partial charge >= 0.3 is 0 Å². The van der Waals surface area contributed by atoms with E-state index in [1.54, 1.807) is 0 Å². The van der Waals surface area contributed by atoms with Gasteiger partial charge < -0.3 is 10.5 Å². The molecule has 3 heteroatoms.